The number of nitrogens with zero attached hydrogens (tertiary/aromatic N) is 4. The third-order valence-corrected chi connectivity index (χ3v) is 19.0. The molecule has 2 heterocycles. The lowest BCUT2D eigenvalue weighted by Gasteiger charge is -2.39. The molecule has 7 rings (SSSR count). The monoisotopic (exact) mass is 1090 g/mol. The van der Waals surface area contributed by atoms with Gasteiger partial charge in [-0.05, 0) is 122 Å². The Morgan fingerprint density at radius 2 is 1.47 bits per heavy atom. The van der Waals surface area contributed by atoms with Gasteiger partial charge in [0.2, 0.25) is 0 Å². The summed E-state index contributed by atoms with van der Waals surface area (Å²) in [6.45, 7) is 14.0. The van der Waals surface area contributed by atoms with E-state index >= 15 is 0 Å². The van der Waals surface area contributed by atoms with E-state index in [9.17, 15) is 44.3 Å². The Labute approximate surface area is 432 Å². The lowest BCUT2D eigenvalue weighted by Crippen LogP contribution is -2.47. The number of carbonyl (C=O) groups excluding carboxylic acids is 1. The van der Waals surface area contributed by atoms with E-state index in [0.29, 0.717) is 55.9 Å². The fourth-order valence-electron chi connectivity index (χ4n) is 9.49. The number of hydrogen-bond acceptors (Lipinski definition) is 12. The number of halogens is 4. The minimum atomic E-state index is -6.10. The lowest BCUT2D eigenvalue weighted by molar-refractivity contribution is -0.0436. The number of thioether (sulfide) groups is 1. The first-order chi connectivity index (χ1) is 33.9. The predicted octanol–water partition coefficient (Wildman–Crippen LogP) is 9.41. The molecule has 3 aliphatic rings. The van der Waals surface area contributed by atoms with Crippen molar-refractivity contribution in [1.29, 1.82) is 0 Å². The van der Waals surface area contributed by atoms with Crippen LogP contribution in [0.3, 0.4) is 0 Å². The fraction of sp³-hybridized carbons (Fsp3) is 0.471. The van der Waals surface area contributed by atoms with Crippen molar-refractivity contribution >= 4 is 73.4 Å². The molecule has 1 unspecified atom stereocenters. The Hall–Kier alpha value is -3.91. The number of anilines is 2. The Kier molecular flexibility index (Phi) is 18.4. The highest BCUT2D eigenvalue weighted by molar-refractivity contribution is 7.99. The molecule has 0 saturated carbocycles. The summed E-state index contributed by atoms with van der Waals surface area (Å²) in [4.78, 5) is 30.9. The van der Waals surface area contributed by atoms with Crippen molar-refractivity contribution in [3.8, 4) is 0 Å². The van der Waals surface area contributed by atoms with Crippen LogP contribution in [0.15, 0.2) is 117 Å². The first-order valence-electron chi connectivity index (χ1n) is 24.2. The highest BCUT2D eigenvalue weighted by Gasteiger charge is 2.48. The molecular formula is C51H65ClF3N6O7PS3. The summed E-state index contributed by atoms with van der Waals surface area (Å²) in [6, 6.07) is 25.6. The number of rotatable bonds is 20. The number of nitrogens with one attached hydrogen (secondary N) is 2. The summed E-state index contributed by atoms with van der Waals surface area (Å²) < 4.78 is 110. The maximum absolute atomic E-state index is 14.3. The molecule has 0 aromatic heterocycles. The van der Waals surface area contributed by atoms with Crippen molar-refractivity contribution in [3.63, 3.8) is 0 Å². The number of sulfonamides is 1. The summed E-state index contributed by atoms with van der Waals surface area (Å²) in [5.74, 6) is -0.701. The van der Waals surface area contributed by atoms with Crippen LogP contribution < -0.4 is 14.9 Å². The summed E-state index contributed by atoms with van der Waals surface area (Å²) in [5.41, 5.74) is -1.12. The molecule has 0 bridgehead atoms. The molecule has 1 amide bonds. The molecule has 2 saturated heterocycles. The summed E-state index contributed by atoms with van der Waals surface area (Å²) in [6.07, 6.45) is 4.38. The highest BCUT2D eigenvalue weighted by atomic mass is 35.5. The Morgan fingerprint density at radius 3 is 2.10 bits per heavy atom. The summed E-state index contributed by atoms with van der Waals surface area (Å²) >= 11 is 7.63. The van der Waals surface area contributed by atoms with Gasteiger partial charge in [0, 0.05) is 111 Å². The van der Waals surface area contributed by atoms with Gasteiger partial charge in [0.25, 0.3) is 25.8 Å². The third-order valence-electron chi connectivity index (χ3n) is 13.6. The van der Waals surface area contributed by atoms with Crippen molar-refractivity contribution in [2.24, 2.45) is 5.41 Å². The molecule has 13 nitrogen and oxygen atoms in total. The van der Waals surface area contributed by atoms with Gasteiger partial charge >= 0.3 is 5.51 Å². The zero-order valence-corrected chi connectivity index (χ0v) is 45.0. The molecule has 2 aliphatic heterocycles. The second-order valence-corrected chi connectivity index (χ2v) is 27.5. The average Bonchev–Trinajstić information content (AvgIpc) is 3.33. The first-order valence-corrected chi connectivity index (χ1v) is 30.8. The number of sulfone groups is 1. The van der Waals surface area contributed by atoms with Gasteiger partial charge in [-0.1, -0.05) is 61.4 Å². The molecule has 72 heavy (non-hydrogen) atoms. The molecule has 4 aromatic rings. The van der Waals surface area contributed by atoms with Gasteiger partial charge in [-0.25, -0.2) is 21.6 Å². The molecule has 0 radical (unpaired) electrons. The molecule has 1 aliphatic carbocycles. The van der Waals surface area contributed by atoms with Crippen molar-refractivity contribution in [1.82, 2.24) is 19.4 Å². The van der Waals surface area contributed by atoms with E-state index in [4.69, 9.17) is 11.6 Å². The number of allylic oxidation sites excluding steroid dienone is 1. The van der Waals surface area contributed by atoms with Crippen LogP contribution in [0.25, 0.3) is 5.57 Å². The van der Waals surface area contributed by atoms with E-state index in [0.717, 1.165) is 87.8 Å². The average molecular weight is 1090 g/mol. The van der Waals surface area contributed by atoms with Crippen LogP contribution in [-0.4, -0.2) is 144 Å². The SMILES string of the molecule is CC1(C)CCC(c2ccc(Cl)cc2)=C(CN2CCN(c3ccc(C(=O)NS(=O)(=O)c4ccc(N[C@H](CCN5CCN(CCCP(C)(=O)O)CC5)CSc5ccccc5)c(S(=O)(=O)C(F)(F)F)c4)cc3)CC2)C1. The topological polar surface area (TPSA) is 160 Å². The fourth-order valence-corrected chi connectivity index (χ4v) is 13.4. The van der Waals surface area contributed by atoms with Gasteiger partial charge in [0.1, 0.15) is 4.90 Å². The molecule has 2 atom stereocenters. The van der Waals surface area contributed by atoms with E-state index in [1.54, 1.807) is 12.1 Å². The minimum Gasteiger partial charge on any atom is -0.380 e. The summed E-state index contributed by atoms with van der Waals surface area (Å²) in [7, 11) is -14.1. The van der Waals surface area contributed by atoms with Crippen LogP contribution in [0.2, 0.25) is 5.02 Å². The highest BCUT2D eigenvalue weighted by Crippen LogP contribution is 2.43. The zero-order valence-electron chi connectivity index (χ0n) is 40.9. The Morgan fingerprint density at radius 1 is 0.847 bits per heavy atom. The maximum atomic E-state index is 14.3. The van der Waals surface area contributed by atoms with Crippen LogP contribution in [0.5, 0.6) is 0 Å². The Bertz CT molecular complexity index is 2800. The van der Waals surface area contributed by atoms with Crippen molar-refractivity contribution in [2.45, 2.75) is 72.2 Å². The van der Waals surface area contributed by atoms with Gasteiger partial charge in [-0.15, -0.1) is 11.8 Å². The standard InChI is InChI=1S/C51H65ClF3N6O7PS3/c1-50(2)22-20-46(38-10-14-41(52)15-11-38)40(35-50)36-60-29-31-61(32-30-60)43-16-12-39(13-17-43)49(62)57-72(67,68)45-18-19-47(48(34-45)71(65,66)51(53,54)55)56-42(37-70-44-8-5-4-6-9-44)21-24-59-27-25-58(26-28-59)23-7-33-69(3,63)64/h4-6,8-19,34,42,56H,7,20-33,35-37H2,1-3H3,(H,57,62)(H,63,64)/t42-/m1/s1. The molecular weight excluding hydrogens is 1030 g/mol. The van der Waals surface area contributed by atoms with Crippen molar-refractivity contribution in [3.05, 3.63) is 119 Å². The predicted molar refractivity (Wildman–Crippen MR) is 283 cm³/mol. The lowest BCUT2D eigenvalue weighted by atomic mass is 9.73. The van der Waals surface area contributed by atoms with Crippen LogP contribution >= 0.6 is 30.7 Å². The van der Waals surface area contributed by atoms with Gasteiger partial charge in [-0.3, -0.25) is 14.3 Å². The zero-order chi connectivity index (χ0) is 51.9. The van der Waals surface area contributed by atoms with Crippen LogP contribution in [0.4, 0.5) is 24.5 Å². The van der Waals surface area contributed by atoms with Crippen LogP contribution in [0, 0.1) is 5.41 Å². The van der Waals surface area contributed by atoms with E-state index in [2.05, 4.69) is 50.9 Å². The van der Waals surface area contributed by atoms with Gasteiger partial charge in [-0.2, -0.15) is 13.2 Å². The largest absolute Gasteiger partial charge is 0.501 e. The second kappa shape index (κ2) is 23.7. The van der Waals surface area contributed by atoms with Crippen molar-refractivity contribution < 1.29 is 44.3 Å². The quantitative estimate of drug-likeness (QED) is 0.0568. The minimum absolute atomic E-state index is 0.0150. The third kappa shape index (κ3) is 15.3. The van der Waals surface area contributed by atoms with E-state index in [1.807, 2.05) is 47.2 Å². The molecule has 0 spiro atoms. The summed E-state index contributed by atoms with van der Waals surface area (Å²) in [5, 5.41) is 3.72. The number of piperazine rings is 2. The number of carbonyl (C=O) groups is 1. The van der Waals surface area contributed by atoms with Gasteiger partial charge in [0.05, 0.1) is 10.6 Å². The maximum Gasteiger partial charge on any atom is 0.501 e. The number of alkyl halides is 3. The van der Waals surface area contributed by atoms with E-state index in [-0.39, 0.29) is 17.1 Å². The van der Waals surface area contributed by atoms with E-state index < -0.39 is 60.2 Å². The normalized spacial score (nSPS) is 18.9. The number of amides is 1. The molecule has 2 fully saturated rings. The van der Waals surface area contributed by atoms with Gasteiger partial charge < -0.3 is 24.9 Å². The molecule has 392 valence electrons. The number of benzene rings is 4. The number of hydrogen-bond donors (Lipinski definition) is 3. The molecule has 3 N–H and O–H groups in total. The first kappa shape index (κ1) is 55.8. The van der Waals surface area contributed by atoms with Crippen LogP contribution in [0.1, 0.15) is 61.9 Å². The molecule has 4 aromatic carbocycles. The smallest absolute Gasteiger partial charge is 0.380 e. The van der Waals surface area contributed by atoms with Crippen molar-refractivity contribution in [2.75, 3.05) is 101 Å². The molecule has 21 heteroatoms. The van der Waals surface area contributed by atoms with E-state index in [1.165, 1.54) is 47.3 Å². The Balaban J connectivity index is 1.00. The van der Waals surface area contributed by atoms with Gasteiger partial charge in [0.15, 0.2) is 7.37 Å². The van der Waals surface area contributed by atoms with Crippen LogP contribution in [-0.2, 0) is 24.4 Å². The second-order valence-electron chi connectivity index (χ2n) is 19.8.